The summed E-state index contributed by atoms with van der Waals surface area (Å²) < 4.78 is 1.76. The van der Waals surface area contributed by atoms with Crippen molar-refractivity contribution in [3.8, 4) is 0 Å². The zero-order valence-corrected chi connectivity index (χ0v) is 12.0. The molecule has 1 heterocycles. The molecule has 1 aromatic heterocycles. The molecule has 0 unspecified atom stereocenters. The molecule has 0 fully saturated rings. The molecule has 0 bridgehead atoms. The van der Waals surface area contributed by atoms with Crippen molar-refractivity contribution < 1.29 is 0 Å². The van der Waals surface area contributed by atoms with E-state index in [0.29, 0.717) is 5.92 Å². The van der Waals surface area contributed by atoms with Crippen LogP contribution in [-0.2, 0) is 6.54 Å². The number of aryl methyl sites for hydroxylation is 2. The first-order valence-electron chi connectivity index (χ1n) is 6.76. The Balaban J connectivity index is 2.34. The summed E-state index contributed by atoms with van der Waals surface area (Å²) in [5.41, 5.74) is 1.68. The minimum Gasteiger partial charge on any atom is -0.316 e. The number of aromatic nitrogens is 2. The fourth-order valence-electron chi connectivity index (χ4n) is 1.96. The van der Waals surface area contributed by atoms with E-state index in [0.717, 1.165) is 43.9 Å². The lowest BCUT2D eigenvalue weighted by molar-refractivity contribution is 0.510. The summed E-state index contributed by atoms with van der Waals surface area (Å²) in [5.74, 6) is 0.691. The summed E-state index contributed by atoms with van der Waals surface area (Å²) in [6.45, 7) is 11.1. The normalized spacial score (nSPS) is 11.2. The Bertz CT molecular complexity index is 424. The van der Waals surface area contributed by atoms with Crippen LogP contribution in [0.4, 0.5) is 0 Å². The van der Waals surface area contributed by atoms with Gasteiger partial charge in [-0.25, -0.2) is 4.79 Å². The molecule has 0 aliphatic carbocycles. The number of rotatable bonds is 7. The molecule has 4 heteroatoms. The van der Waals surface area contributed by atoms with Crippen molar-refractivity contribution >= 4 is 0 Å². The van der Waals surface area contributed by atoms with E-state index in [1.54, 1.807) is 4.57 Å². The predicted molar refractivity (Wildman–Crippen MR) is 74.9 cm³/mol. The van der Waals surface area contributed by atoms with Gasteiger partial charge in [0.1, 0.15) is 0 Å². The topological polar surface area (TPSA) is 46.9 Å². The number of unbranched alkanes of at least 4 members (excludes halogenated alkanes) is 1. The summed E-state index contributed by atoms with van der Waals surface area (Å²) in [6, 6.07) is 1.96. The zero-order valence-electron chi connectivity index (χ0n) is 12.0. The molecule has 0 saturated carbocycles. The van der Waals surface area contributed by atoms with Gasteiger partial charge in [0.2, 0.25) is 0 Å². The van der Waals surface area contributed by atoms with Crippen molar-refractivity contribution in [3.05, 3.63) is 27.9 Å². The van der Waals surface area contributed by atoms with Gasteiger partial charge in [-0.05, 0) is 51.8 Å². The first-order valence-corrected chi connectivity index (χ1v) is 6.76. The molecule has 0 atom stereocenters. The van der Waals surface area contributed by atoms with Gasteiger partial charge in [-0.2, -0.15) is 4.98 Å². The molecular weight excluding hydrogens is 226 g/mol. The first kappa shape index (κ1) is 14.9. The van der Waals surface area contributed by atoms with Gasteiger partial charge in [0.15, 0.2) is 0 Å². The molecule has 0 radical (unpaired) electrons. The van der Waals surface area contributed by atoms with Gasteiger partial charge < -0.3 is 5.32 Å². The number of hydrogen-bond donors (Lipinski definition) is 1. The molecule has 0 saturated heterocycles. The summed E-state index contributed by atoms with van der Waals surface area (Å²) in [4.78, 5) is 15.7. The average Bonchev–Trinajstić information content (AvgIpc) is 2.25. The lowest BCUT2D eigenvalue weighted by atomic mass is 10.2. The molecule has 1 rings (SSSR count). The van der Waals surface area contributed by atoms with Crippen LogP contribution in [0.15, 0.2) is 10.9 Å². The maximum absolute atomic E-state index is 11.7. The van der Waals surface area contributed by atoms with Gasteiger partial charge in [-0.15, -0.1) is 0 Å². The van der Waals surface area contributed by atoms with E-state index in [1.165, 1.54) is 0 Å². The third-order valence-corrected chi connectivity index (χ3v) is 2.88. The minimum atomic E-state index is -0.123. The highest BCUT2D eigenvalue weighted by atomic mass is 16.1. The van der Waals surface area contributed by atoms with Crippen LogP contribution in [0.25, 0.3) is 0 Å². The predicted octanol–water partition coefficient (Wildman–Crippen LogP) is 1.89. The molecule has 4 nitrogen and oxygen atoms in total. The third kappa shape index (κ3) is 5.00. The monoisotopic (exact) mass is 251 g/mol. The van der Waals surface area contributed by atoms with Crippen molar-refractivity contribution in [1.29, 1.82) is 0 Å². The van der Waals surface area contributed by atoms with Gasteiger partial charge in [-0.1, -0.05) is 13.8 Å². The highest BCUT2D eigenvalue weighted by molar-refractivity contribution is 5.06. The van der Waals surface area contributed by atoms with Gasteiger partial charge in [-0.3, -0.25) is 4.57 Å². The zero-order chi connectivity index (χ0) is 13.5. The van der Waals surface area contributed by atoms with Crippen molar-refractivity contribution in [2.75, 3.05) is 13.1 Å². The Morgan fingerprint density at radius 2 is 2.06 bits per heavy atom. The molecule has 0 aromatic carbocycles. The smallest absolute Gasteiger partial charge is 0.316 e. The Morgan fingerprint density at radius 1 is 1.33 bits per heavy atom. The average molecular weight is 251 g/mol. The largest absolute Gasteiger partial charge is 0.347 e. The minimum absolute atomic E-state index is 0.123. The number of nitrogens with one attached hydrogen (secondary N) is 1. The van der Waals surface area contributed by atoms with Crippen LogP contribution in [0.3, 0.4) is 0 Å². The molecule has 1 aromatic rings. The van der Waals surface area contributed by atoms with Gasteiger partial charge in [0.25, 0.3) is 0 Å². The molecule has 102 valence electrons. The Hall–Kier alpha value is -1.16. The second kappa shape index (κ2) is 7.31. The Morgan fingerprint density at radius 3 is 2.67 bits per heavy atom. The second-order valence-corrected chi connectivity index (χ2v) is 5.28. The van der Waals surface area contributed by atoms with E-state index in [9.17, 15) is 4.79 Å². The van der Waals surface area contributed by atoms with Crippen LogP contribution >= 0.6 is 0 Å². The van der Waals surface area contributed by atoms with E-state index < -0.39 is 0 Å². The highest BCUT2D eigenvalue weighted by Gasteiger charge is 2.02. The standard InChI is InChI=1S/C14H25N3O/c1-11(2)10-15-7-5-6-8-17-13(4)9-12(3)16-14(17)18/h9,11,15H,5-8,10H2,1-4H3. The fourth-order valence-corrected chi connectivity index (χ4v) is 1.96. The van der Waals surface area contributed by atoms with E-state index in [-0.39, 0.29) is 5.69 Å². The molecule has 0 aliphatic rings. The van der Waals surface area contributed by atoms with Crippen molar-refractivity contribution in [3.63, 3.8) is 0 Å². The van der Waals surface area contributed by atoms with Crippen LogP contribution in [0.1, 0.15) is 38.1 Å². The van der Waals surface area contributed by atoms with Gasteiger partial charge in [0, 0.05) is 17.9 Å². The van der Waals surface area contributed by atoms with E-state index in [1.807, 2.05) is 19.9 Å². The van der Waals surface area contributed by atoms with E-state index in [4.69, 9.17) is 0 Å². The summed E-state index contributed by atoms with van der Waals surface area (Å²) in [7, 11) is 0. The van der Waals surface area contributed by atoms with Crippen LogP contribution < -0.4 is 11.0 Å². The second-order valence-electron chi connectivity index (χ2n) is 5.28. The first-order chi connectivity index (χ1) is 8.50. The van der Waals surface area contributed by atoms with Gasteiger partial charge >= 0.3 is 5.69 Å². The molecule has 0 spiro atoms. The lowest BCUT2D eigenvalue weighted by Gasteiger charge is -2.10. The Labute approximate surface area is 109 Å². The number of hydrogen-bond acceptors (Lipinski definition) is 3. The van der Waals surface area contributed by atoms with Crippen LogP contribution in [0.2, 0.25) is 0 Å². The van der Waals surface area contributed by atoms with Crippen LogP contribution in [0, 0.1) is 19.8 Å². The van der Waals surface area contributed by atoms with E-state index >= 15 is 0 Å². The molecule has 18 heavy (non-hydrogen) atoms. The number of nitrogens with zero attached hydrogens (tertiary/aromatic N) is 2. The third-order valence-electron chi connectivity index (χ3n) is 2.88. The molecule has 1 N–H and O–H groups in total. The van der Waals surface area contributed by atoms with Gasteiger partial charge in [0.05, 0.1) is 0 Å². The summed E-state index contributed by atoms with van der Waals surface area (Å²) in [5, 5.41) is 3.41. The highest BCUT2D eigenvalue weighted by Crippen LogP contribution is 1.99. The van der Waals surface area contributed by atoms with Crippen molar-refractivity contribution in [2.45, 2.75) is 47.1 Å². The molecule has 0 aliphatic heterocycles. The summed E-state index contributed by atoms with van der Waals surface area (Å²) in [6.07, 6.45) is 2.10. The fraction of sp³-hybridized carbons (Fsp3) is 0.714. The molecule has 0 amide bonds. The molecular formula is C14H25N3O. The lowest BCUT2D eigenvalue weighted by Crippen LogP contribution is -2.26. The SMILES string of the molecule is Cc1cc(C)n(CCCCNCC(C)C)c(=O)n1. The van der Waals surface area contributed by atoms with Crippen molar-refractivity contribution in [1.82, 2.24) is 14.9 Å². The maximum Gasteiger partial charge on any atom is 0.347 e. The van der Waals surface area contributed by atoms with Crippen molar-refractivity contribution in [2.24, 2.45) is 5.92 Å². The van der Waals surface area contributed by atoms with Crippen LogP contribution in [0.5, 0.6) is 0 Å². The summed E-state index contributed by atoms with van der Waals surface area (Å²) >= 11 is 0. The quantitative estimate of drug-likeness (QED) is 0.753. The van der Waals surface area contributed by atoms with E-state index in [2.05, 4.69) is 24.1 Å². The Kier molecular flexibility index (Phi) is 6.05. The maximum atomic E-state index is 11.7. The van der Waals surface area contributed by atoms with Crippen LogP contribution in [-0.4, -0.2) is 22.6 Å².